The molecule has 5 heteroatoms. The van der Waals surface area contributed by atoms with Gasteiger partial charge < -0.3 is 15.4 Å². The van der Waals surface area contributed by atoms with Gasteiger partial charge >= 0.3 is 6.03 Å². The topological polar surface area (TPSA) is 74.2 Å². The summed E-state index contributed by atoms with van der Waals surface area (Å²) in [6, 6.07) is 16.0. The van der Waals surface area contributed by atoms with Gasteiger partial charge in [-0.15, -0.1) is 0 Å². The summed E-state index contributed by atoms with van der Waals surface area (Å²) in [4.78, 5) is 11.8. The van der Waals surface area contributed by atoms with Crippen LogP contribution in [0.15, 0.2) is 48.5 Å². The van der Waals surface area contributed by atoms with E-state index < -0.39 is 0 Å². The van der Waals surface area contributed by atoms with Gasteiger partial charge in [0, 0.05) is 11.4 Å². The summed E-state index contributed by atoms with van der Waals surface area (Å²) < 4.78 is 5.05. The minimum absolute atomic E-state index is 0.326. The van der Waals surface area contributed by atoms with E-state index in [-0.39, 0.29) is 6.03 Å². The summed E-state index contributed by atoms with van der Waals surface area (Å²) in [6.45, 7) is 0. The summed E-state index contributed by atoms with van der Waals surface area (Å²) in [6.07, 6.45) is 0.359. The Morgan fingerprint density at radius 2 is 1.57 bits per heavy atom. The molecule has 2 rings (SSSR count). The zero-order chi connectivity index (χ0) is 15.1. The van der Waals surface area contributed by atoms with E-state index in [1.165, 1.54) is 0 Å². The van der Waals surface area contributed by atoms with E-state index in [9.17, 15) is 4.79 Å². The van der Waals surface area contributed by atoms with Gasteiger partial charge in [0.25, 0.3) is 0 Å². The second-order valence-corrected chi connectivity index (χ2v) is 4.34. The van der Waals surface area contributed by atoms with Crippen LogP contribution in [0.4, 0.5) is 16.2 Å². The van der Waals surface area contributed by atoms with E-state index in [0.29, 0.717) is 17.8 Å². The van der Waals surface area contributed by atoms with Crippen LogP contribution in [-0.4, -0.2) is 13.1 Å². The van der Waals surface area contributed by atoms with Crippen LogP contribution in [-0.2, 0) is 6.42 Å². The van der Waals surface area contributed by atoms with Gasteiger partial charge in [0.2, 0.25) is 0 Å². The quantitative estimate of drug-likeness (QED) is 0.901. The fraction of sp³-hybridized carbons (Fsp3) is 0.125. The van der Waals surface area contributed by atoms with Crippen LogP contribution in [0.3, 0.4) is 0 Å². The third kappa shape index (κ3) is 4.25. The first-order valence-electron chi connectivity index (χ1n) is 6.39. The zero-order valence-corrected chi connectivity index (χ0v) is 11.6. The second-order valence-electron chi connectivity index (χ2n) is 4.34. The Morgan fingerprint density at radius 3 is 2.05 bits per heavy atom. The molecule has 2 N–H and O–H groups in total. The number of urea groups is 1. The molecule has 0 spiro atoms. The molecule has 2 amide bonds. The van der Waals surface area contributed by atoms with Crippen LogP contribution in [0, 0.1) is 11.3 Å². The Kier molecular flexibility index (Phi) is 4.78. The second kappa shape index (κ2) is 6.96. The molecule has 21 heavy (non-hydrogen) atoms. The van der Waals surface area contributed by atoms with Crippen molar-refractivity contribution in [3.05, 3.63) is 54.1 Å². The molecule has 2 aromatic rings. The number of methoxy groups -OCH3 is 1. The number of nitriles is 1. The molecule has 0 aliphatic heterocycles. The van der Waals surface area contributed by atoms with Crippen molar-refractivity contribution in [1.29, 1.82) is 5.26 Å². The Bertz CT molecular complexity index is 643. The van der Waals surface area contributed by atoms with Gasteiger partial charge in [-0.2, -0.15) is 5.26 Å². The predicted molar refractivity (Wildman–Crippen MR) is 81.4 cm³/mol. The summed E-state index contributed by atoms with van der Waals surface area (Å²) in [5.74, 6) is 0.731. The van der Waals surface area contributed by atoms with Gasteiger partial charge in [0.05, 0.1) is 19.6 Å². The van der Waals surface area contributed by atoms with Crippen LogP contribution in [0.5, 0.6) is 5.75 Å². The number of carbonyl (C=O) groups is 1. The molecule has 0 aromatic heterocycles. The molecule has 0 radical (unpaired) electrons. The highest BCUT2D eigenvalue weighted by atomic mass is 16.5. The first-order chi connectivity index (χ1) is 10.2. The molecule has 0 bridgehead atoms. The lowest BCUT2D eigenvalue weighted by atomic mass is 10.1. The Labute approximate surface area is 123 Å². The van der Waals surface area contributed by atoms with Gasteiger partial charge in [-0.05, 0) is 42.0 Å². The SMILES string of the molecule is COc1ccc(NC(=O)Nc2ccc(CC#N)cc2)cc1. The summed E-state index contributed by atoms with van der Waals surface area (Å²) >= 11 is 0. The van der Waals surface area contributed by atoms with Crippen molar-refractivity contribution in [2.75, 3.05) is 17.7 Å². The highest BCUT2D eigenvalue weighted by Gasteiger charge is 2.03. The maximum absolute atomic E-state index is 11.8. The van der Waals surface area contributed by atoms with Crippen LogP contribution in [0.1, 0.15) is 5.56 Å². The third-order valence-electron chi connectivity index (χ3n) is 2.84. The number of ether oxygens (including phenoxy) is 1. The first-order valence-corrected chi connectivity index (χ1v) is 6.39. The molecule has 0 aliphatic rings. The summed E-state index contributed by atoms with van der Waals surface area (Å²) in [5, 5.41) is 14.0. The standard InChI is InChI=1S/C16H15N3O2/c1-21-15-8-6-14(7-9-15)19-16(20)18-13-4-2-12(3-5-13)10-11-17/h2-9H,10H2,1H3,(H2,18,19,20). The number of hydrogen-bond acceptors (Lipinski definition) is 3. The molecule has 0 atom stereocenters. The smallest absolute Gasteiger partial charge is 0.323 e. The van der Waals surface area contributed by atoms with Crippen molar-refractivity contribution >= 4 is 17.4 Å². The van der Waals surface area contributed by atoms with Gasteiger partial charge in [0.1, 0.15) is 5.75 Å². The maximum Gasteiger partial charge on any atom is 0.323 e. The third-order valence-corrected chi connectivity index (χ3v) is 2.84. The molecular weight excluding hydrogens is 266 g/mol. The number of amides is 2. The molecule has 106 valence electrons. The van der Waals surface area contributed by atoms with Crippen molar-refractivity contribution < 1.29 is 9.53 Å². The number of benzene rings is 2. The molecule has 0 fully saturated rings. The molecule has 0 heterocycles. The monoisotopic (exact) mass is 281 g/mol. The zero-order valence-electron chi connectivity index (χ0n) is 11.6. The molecule has 0 aliphatic carbocycles. The fourth-order valence-electron chi connectivity index (χ4n) is 1.77. The molecule has 2 aromatic carbocycles. The number of nitrogens with zero attached hydrogens (tertiary/aromatic N) is 1. The Morgan fingerprint density at radius 1 is 1.05 bits per heavy atom. The van der Waals surface area contributed by atoms with Gasteiger partial charge in [-0.3, -0.25) is 0 Å². The fourth-order valence-corrected chi connectivity index (χ4v) is 1.77. The van der Waals surface area contributed by atoms with Crippen molar-refractivity contribution in [2.45, 2.75) is 6.42 Å². The van der Waals surface area contributed by atoms with Crippen LogP contribution < -0.4 is 15.4 Å². The van der Waals surface area contributed by atoms with Crippen molar-refractivity contribution in [3.8, 4) is 11.8 Å². The lowest BCUT2D eigenvalue weighted by molar-refractivity contribution is 0.262. The highest BCUT2D eigenvalue weighted by molar-refractivity contribution is 5.99. The van der Waals surface area contributed by atoms with Crippen molar-refractivity contribution in [1.82, 2.24) is 0 Å². The van der Waals surface area contributed by atoms with Crippen molar-refractivity contribution in [3.63, 3.8) is 0 Å². The molecule has 5 nitrogen and oxygen atoms in total. The van der Waals surface area contributed by atoms with E-state index in [0.717, 1.165) is 11.3 Å². The van der Waals surface area contributed by atoms with Crippen LogP contribution in [0.25, 0.3) is 0 Å². The number of rotatable bonds is 4. The Hall–Kier alpha value is -3.00. The number of nitrogens with one attached hydrogen (secondary N) is 2. The van der Waals surface area contributed by atoms with Crippen LogP contribution >= 0.6 is 0 Å². The number of carbonyl (C=O) groups excluding carboxylic acids is 1. The molecular formula is C16H15N3O2. The van der Waals surface area contributed by atoms with E-state index in [1.807, 2.05) is 12.1 Å². The van der Waals surface area contributed by atoms with Gasteiger partial charge in [-0.25, -0.2) is 4.79 Å². The average molecular weight is 281 g/mol. The predicted octanol–water partition coefficient (Wildman–Crippen LogP) is 3.41. The van der Waals surface area contributed by atoms with E-state index in [4.69, 9.17) is 10.00 Å². The summed E-state index contributed by atoms with van der Waals surface area (Å²) in [7, 11) is 1.59. The molecule has 0 unspecified atom stereocenters. The van der Waals surface area contributed by atoms with Gasteiger partial charge in [-0.1, -0.05) is 12.1 Å². The molecule has 0 saturated heterocycles. The van der Waals surface area contributed by atoms with Crippen molar-refractivity contribution in [2.24, 2.45) is 0 Å². The van der Waals surface area contributed by atoms with E-state index in [2.05, 4.69) is 16.7 Å². The van der Waals surface area contributed by atoms with E-state index in [1.54, 1.807) is 43.5 Å². The number of anilines is 2. The normalized spacial score (nSPS) is 9.52. The average Bonchev–Trinajstić information content (AvgIpc) is 2.50. The maximum atomic E-state index is 11.8. The van der Waals surface area contributed by atoms with E-state index >= 15 is 0 Å². The largest absolute Gasteiger partial charge is 0.497 e. The summed E-state index contributed by atoms with van der Waals surface area (Å²) in [5.41, 5.74) is 2.26. The van der Waals surface area contributed by atoms with Crippen LogP contribution in [0.2, 0.25) is 0 Å². The van der Waals surface area contributed by atoms with Gasteiger partial charge in [0.15, 0.2) is 0 Å². The minimum Gasteiger partial charge on any atom is -0.497 e. The highest BCUT2D eigenvalue weighted by Crippen LogP contribution is 2.16. The lowest BCUT2D eigenvalue weighted by Crippen LogP contribution is -2.19. The lowest BCUT2D eigenvalue weighted by Gasteiger charge is -2.08. The molecule has 0 saturated carbocycles. The number of hydrogen-bond donors (Lipinski definition) is 2. The first kappa shape index (κ1) is 14.4. The Balaban J connectivity index is 1.93. The minimum atomic E-state index is -0.326.